The fraction of sp³-hybridized carbons (Fsp3) is 0.833. The highest BCUT2D eigenvalue weighted by atomic mass is 16.5. The molecule has 6 nitrogen and oxygen atoms in total. The van der Waals surface area contributed by atoms with Crippen LogP contribution in [-0.2, 0) is 14.3 Å². The zero-order valence-electron chi connectivity index (χ0n) is 10.5. The third-order valence-electron chi connectivity index (χ3n) is 3.12. The Morgan fingerprint density at radius 1 is 1.11 bits per heavy atom. The molecule has 102 valence electrons. The van der Waals surface area contributed by atoms with Crippen LogP contribution in [0.1, 0.15) is 25.7 Å². The summed E-state index contributed by atoms with van der Waals surface area (Å²) in [6.07, 6.45) is 4.15. The van der Waals surface area contributed by atoms with E-state index in [-0.39, 0.29) is 31.1 Å². The van der Waals surface area contributed by atoms with Gasteiger partial charge in [-0.05, 0) is 38.8 Å². The molecular formula is C12H21N3O3. The topological polar surface area (TPSA) is 79.5 Å². The number of carbonyl (C=O) groups is 2. The molecule has 0 unspecified atom stereocenters. The third-order valence-corrected chi connectivity index (χ3v) is 3.12. The quantitative estimate of drug-likeness (QED) is 0.577. The van der Waals surface area contributed by atoms with Crippen molar-refractivity contribution in [1.82, 2.24) is 16.0 Å². The van der Waals surface area contributed by atoms with Gasteiger partial charge in [0.25, 0.3) is 0 Å². The van der Waals surface area contributed by atoms with E-state index in [0.717, 1.165) is 38.8 Å². The molecule has 0 radical (unpaired) electrons. The molecule has 6 heteroatoms. The van der Waals surface area contributed by atoms with Crippen molar-refractivity contribution >= 4 is 11.8 Å². The van der Waals surface area contributed by atoms with E-state index < -0.39 is 0 Å². The lowest BCUT2D eigenvalue weighted by Crippen LogP contribution is -2.40. The molecule has 0 aromatic rings. The van der Waals surface area contributed by atoms with E-state index in [4.69, 9.17) is 4.74 Å². The first-order valence-electron chi connectivity index (χ1n) is 6.62. The molecular weight excluding hydrogens is 234 g/mol. The molecule has 1 saturated heterocycles. The summed E-state index contributed by atoms with van der Waals surface area (Å²) in [5.74, 6) is -0.341. The van der Waals surface area contributed by atoms with Gasteiger partial charge in [0.05, 0.1) is 12.6 Å². The lowest BCUT2D eigenvalue weighted by Gasteiger charge is -2.22. The van der Waals surface area contributed by atoms with Gasteiger partial charge in [-0.1, -0.05) is 0 Å². The van der Waals surface area contributed by atoms with Crippen molar-refractivity contribution < 1.29 is 14.3 Å². The number of hydrogen-bond acceptors (Lipinski definition) is 4. The molecule has 0 aromatic carbocycles. The zero-order valence-corrected chi connectivity index (χ0v) is 10.5. The zero-order chi connectivity index (χ0) is 12.8. The predicted molar refractivity (Wildman–Crippen MR) is 66.0 cm³/mol. The summed E-state index contributed by atoms with van der Waals surface area (Å²) < 4.78 is 5.49. The maximum atomic E-state index is 11.5. The fourth-order valence-corrected chi connectivity index (χ4v) is 1.89. The number of ether oxygens (including phenoxy) is 1. The first-order chi connectivity index (χ1) is 8.74. The lowest BCUT2D eigenvalue weighted by atomic mass is 10.1. The Kier molecular flexibility index (Phi) is 4.95. The Bertz CT molecular complexity index is 299. The van der Waals surface area contributed by atoms with Crippen LogP contribution in [0.2, 0.25) is 0 Å². The predicted octanol–water partition coefficient (Wildman–Crippen LogP) is -0.850. The van der Waals surface area contributed by atoms with E-state index in [1.54, 1.807) is 0 Å². The highest BCUT2D eigenvalue weighted by molar-refractivity contribution is 5.85. The number of hydrogen-bond donors (Lipinski definition) is 3. The van der Waals surface area contributed by atoms with Crippen LogP contribution in [0, 0.1) is 0 Å². The SMILES string of the molecule is O=C(COC1CCNCC1)NCC(=O)NC1CC1. The highest BCUT2D eigenvalue weighted by Crippen LogP contribution is 2.18. The lowest BCUT2D eigenvalue weighted by molar-refractivity contribution is -0.130. The third kappa shape index (κ3) is 5.01. The number of rotatable bonds is 6. The number of piperidine rings is 1. The van der Waals surface area contributed by atoms with Crippen LogP contribution < -0.4 is 16.0 Å². The number of carbonyl (C=O) groups excluding carboxylic acids is 2. The second kappa shape index (κ2) is 6.70. The maximum Gasteiger partial charge on any atom is 0.246 e. The summed E-state index contributed by atoms with van der Waals surface area (Å²) in [5, 5.41) is 8.61. The van der Waals surface area contributed by atoms with Gasteiger partial charge in [-0.15, -0.1) is 0 Å². The van der Waals surface area contributed by atoms with Gasteiger partial charge < -0.3 is 20.7 Å². The van der Waals surface area contributed by atoms with Crippen LogP contribution in [0.25, 0.3) is 0 Å². The van der Waals surface area contributed by atoms with Crippen molar-refractivity contribution in [2.75, 3.05) is 26.2 Å². The summed E-state index contributed by atoms with van der Waals surface area (Å²) >= 11 is 0. The van der Waals surface area contributed by atoms with Crippen molar-refractivity contribution in [3.8, 4) is 0 Å². The van der Waals surface area contributed by atoms with Gasteiger partial charge >= 0.3 is 0 Å². The smallest absolute Gasteiger partial charge is 0.246 e. The van der Waals surface area contributed by atoms with Crippen molar-refractivity contribution in [3.05, 3.63) is 0 Å². The van der Waals surface area contributed by atoms with E-state index in [2.05, 4.69) is 16.0 Å². The maximum absolute atomic E-state index is 11.5. The van der Waals surface area contributed by atoms with Crippen molar-refractivity contribution in [3.63, 3.8) is 0 Å². The molecule has 18 heavy (non-hydrogen) atoms. The first-order valence-corrected chi connectivity index (χ1v) is 6.62. The van der Waals surface area contributed by atoms with Crippen LogP contribution in [0.5, 0.6) is 0 Å². The second-order valence-electron chi connectivity index (χ2n) is 4.88. The van der Waals surface area contributed by atoms with Crippen LogP contribution in [0.3, 0.4) is 0 Å². The van der Waals surface area contributed by atoms with Crippen LogP contribution in [-0.4, -0.2) is 50.2 Å². The molecule has 1 aliphatic heterocycles. The van der Waals surface area contributed by atoms with Crippen LogP contribution >= 0.6 is 0 Å². The molecule has 2 fully saturated rings. The Morgan fingerprint density at radius 3 is 2.50 bits per heavy atom. The summed E-state index contributed by atoms with van der Waals surface area (Å²) in [5.41, 5.74) is 0. The summed E-state index contributed by atoms with van der Waals surface area (Å²) in [6, 6.07) is 0.334. The largest absolute Gasteiger partial charge is 0.368 e. The van der Waals surface area contributed by atoms with Gasteiger partial charge in [0.15, 0.2) is 0 Å². The second-order valence-corrected chi connectivity index (χ2v) is 4.88. The molecule has 0 bridgehead atoms. The molecule has 2 amide bonds. The summed E-state index contributed by atoms with van der Waals surface area (Å²) in [4.78, 5) is 22.8. The molecule has 1 aliphatic carbocycles. The fourth-order valence-electron chi connectivity index (χ4n) is 1.89. The van der Waals surface area contributed by atoms with Crippen molar-refractivity contribution in [2.24, 2.45) is 0 Å². The monoisotopic (exact) mass is 255 g/mol. The molecule has 1 heterocycles. The van der Waals surface area contributed by atoms with E-state index in [1.165, 1.54) is 0 Å². The Hall–Kier alpha value is -1.14. The summed E-state index contributed by atoms with van der Waals surface area (Å²) in [6.45, 7) is 1.97. The minimum absolute atomic E-state index is 0.0430. The van der Waals surface area contributed by atoms with Gasteiger partial charge in [0, 0.05) is 6.04 Å². The van der Waals surface area contributed by atoms with Crippen LogP contribution in [0.4, 0.5) is 0 Å². The standard InChI is InChI=1S/C12H21N3O3/c16-11(15-9-1-2-9)7-14-12(17)8-18-10-3-5-13-6-4-10/h9-10,13H,1-8H2,(H,14,17)(H,15,16). The first kappa shape index (κ1) is 13.3. The molecule has 2 rings (SSSR count). The normalized spacial score (nSPS) is 20.4. The van der Waals surface area contributed by atoms with Gasteiger partial charge in [-0.3, -0.25) is 9.59 Å². The van der Waals surface area contributed by atoms with Crippen molar-refractivity contribution in [1.29, 1.82) is 0 Å². The van der Waals surface area contributed by atoms with E-state index in [9.17, 15) is 9.59 Å². The van der Waals surface area contributed by atoms with Crippen LogP contribution in [0.15, 0.2) is 0 Å². The van der Waals surface area contributed by atoms with E-state index >= 15 is 0 Å². The number of amides is 2. The molecule has 1 saturated carbocycles. The molecule has 0 atom stereocenters. The number of nitrogens with one attached hydrogen (secondary N) is 3. The van der Waals surface area contributed by atoms with Gasteiger partial charge in [0.1, 0.15) is 6.61 Å². The van der Waals surface area contributed by atoms with Crippen molar-refractivity contribution in [2.45, 2.75) is 37.8 Å². The minimum atomic E-state index is -0.223. The molecule has 0 aromatic heterocycles. The van der Waals surface area contributed by atoms with E-state index in [1.807, 2.05) is 0 Å². The Labute approximate surface area is 107 Å². The van der Waals surface area contributed by atoms with Gasteiger partial charge in [-0.2, -0.15) is 0 Å². The van der Waals surface area contributed by atoms with E-state index in [0.29, 0.717) is 6.04 Å². The summed E-state index contributed by atoms with van der Waals surface area (Å²) in [7, 11) is 0. The molecule has 3 N–H and O–H groups in total. The minimum Gasteiger partial charge on any atom is -0.368 e. The van der Waals surface area contributed by atoms with Gasteiger partial charge in [-0.25, -0.2) is 0 Å². The molecule has 2 aliphatic rings. The molecule has 0 spiro atoms. The highest BCUT2D eigenvalue weighted by Gasteiger charge is 2.23. The Morgan fingerprint density at radius 2 is 1.83 bits per heavy atom. The average molecular weight is 255 g/mol. The van der Waals surface area contributed by atoms with Gasteiger partial charge in [0.2, 0.25) is 11.8 Å². The average Bonchev–Trinajstić information content (AvgIpc) is 3.19. The Balaban J connectivity index is 1.52.